The molecule has 0 nitrogen and oxygen atoms in total. The fourth-order valence-electron chi connectivity index (χ4n) is 3.67. The van der Waals surface area contributed by atoms with Gasteiger partial charge in [-0.15, -0.1) is 11.1 Å². The Morgan fingerprint density at radius 1 is 0.971 bits per heavy atom. The Morgan fingerprint density at radius 3 is 2.00 bits per heavy atom. The van der Waals surface area contributed by atoms with Crippen LogP contribution in [0.2, 0.25) is 0 Å². The van der Waals surface area contributed by atoms with Gasteiger partial charge < -0.3 is 24.8 Å². The molecule has 0 spiro atoms. The molecule has 188 valence electrons. The van der Waals surface area contributed by atoms with Gasteiger partial charge in [-0.3, -0.25) is 0 Å². The molecule has 3 aromatic carbocycles. The van der Waals surface area contributed by atoms with Crippen LogP contribution in [0.4, 0.5) is 0 Å². The number of hydrogen-bond donors (Lipinski definition) is 0. The molecular weight excluding hydrogens is 634 g/mol. The van der Waals surface area contributed by atoms with Gasteiger partial charge in [0.25, 0.3) is 0 Å². The first-order valence-corrected chi connectivity index (χ1v) is 13.7. The number of allylic oxidation sites excluding steroid dienone is 1. The van der Waals surface area contributed by atoms with Crippen molar-refractivity contribution < 1.29 is 48.7 Å². The van der Waals surface area contributed by atoms with Crippen molar-refractivity contribution in [3.63, 3.8) is 0 Å². The molecule has 0 radical (unpaired) electrons. The van der Waals surface area contributed by atoms with E-state index in [9.17, 15) is 0 Å². The summed E-state index contributed by atoms with van der Waals surface area (Å²) in [6.45, 7) is 19.4. The van der Waals surface area contributed by atoms with Gasteiger partial charge in [0.2, 0.25) is 0 Å². The number of hydrogen-bond acceptors (Lipinski definition) is 0. The molecule has 0 unspecified atom stereocenters. The van der Waals surface area contributed by atoms with Crippen LogP contribution in [0, 0.1) is 6.07 Å². The van der Waals surface area contributed by atoms with Gasteiger partial charge in [-0.1, -0.05) is 65.3 Å². The van der Waals surface area contributed by atoms with Crippen molar-refractivity contribution in [3.05, 3.63) is 102 Å². The maximum Gasteiger partial charge on any atom is -0.0132 e. The van der Waals surface area contributed by atoms with Crippen LogP contribution >= 0.6 is 0 Å². The van der Waals surface area contributed by atoms with Gasteiger partial charge in [0.1, 0.15) is 0 Å². The number of halogens is 2. The zero-order chi connectivity index (χ0) is 24.6. The van der Waals surface area contributed by atoms with E-state index in [1.165, 1.54) is 63.7 Å². The van der Waals surface area contributed by atoms with Crippen molar-refractivity contribution in [1.29, 1.82) is 0 Å². The molecule has 4 rings (SSSR count). The summed E-state index contributed by atoms with van der Waals surface area (Å²) in [7, 11) is 0. The summed E-state index contributed by atoms with van der Waals surface area (Å²) in [5, 5.41) is 0. The molecule has 0 fully saturated rings. The largest absolute Gasteiger partial charge is 1.00 e. The van der Waals surface area contributed by atoms with Gasteiger partial charge in [-0.2, -0.15) is 42.0 Å². The van der Waals surface area contributed by atoms with Crippen LogP contribution in [0.1, 0.15) is 83.6 Å². The number of rotatable bonds is 3. The van der Waals surface area contributed by atoms with E-state index in [1.807, 2.05) is 36.4 Å². The fourth-order valence-corrected chi connectivity index (χ4v) is 4.19. The van der Waals surface area contributed by atoms with E-state index < -0.39 is 0 Å². The third kappa shape index (κ3) is 10.8. The summed E-state index contributed by atoms with van der Waals surface area (Å²) in [5.74, 6) is 0. The summed E-state index contributed by atoms with van der Waals surface area (Å²) in [4.78, 5) is 0. The fraction of sp³-hybridized carbons (Fsp3) is 0.375. The first kappa shape index (κ1) is 33.9. The van der Waals surface area contributed by atoms with E-state index in [-0.39, 0.29) is 35.6 Å². The Morgan fingerprint density at radius 2 is 1.57 bits per heavy atom. The zero-order valence-electron chi connectivity index (χ0n) is 22.4. The molecule has 0 aromatic heterocycles. The summed E-state index contributed by atoms with van der Waals surface area (Å²) in [6.07, 6.45) is 5.42. The molecule has 3 heteroatoms. The van der Waals surface area contributed by atoms with E-state index in [2.05, 4.69) is 91.4 Å². The van der Waals surface area contributed by atoms with Crippen molar-refractivity contribution >= 4 is 3.26 Å². The van der Waals surface area contributed by atoms with Crippen LogP contribution in [0.3, 0.4) is 0 Å². The second-order valence-corrected chi connectivity index (χ2v) is 13.9. The number of fused-ring (bicyclic) bond motifs is 3. The van der Waals surface area contributed by atoms with Gasteiger partial charge in [-0.05, 0) is 28.4 Å². The Bertz CT molecular complexity index is 969. The molecule has 3 aromatic rings. The predicted molar refractivity (Wildman–Crippen MR) is 143 cm³/mol. The first-order chi connectivity index (χ1) is 15.4. The van der Waals surface area contributed by atoms with Crippen molar-refractivity contribution in [2.75, 3.05) is 0 Å². The normalized spacial score (nSPS) is 11.2. The van der Waals surface area contributed by atoms with E-state index >= 15 is 0 Å². The Labute approximate surface area is 241 Å². The van der Waals surface area contributed by atoms with Gasteiger partial charge >= 0.3 is 59.6 Å². The molecule has 1 aliphatic carbocycles. The minimum absolute atomic E-state index is 0. The van der Waals surface area contributed by atoms with E-state index in [0.717, 1.165) is 12.8 Å². The zero-order valence-corrected chi connectivity index (χ0v) is 27.5. The molecule has 0 atom stereocenters. The molecule has 0 bridgehead atoms. The van der Waals surface area contributed by atoms with E-state index in [1.54, 1.807) is 3.26 Å². The molecule has 0 saturated heterocycles. The van der Waals surface area contributed by atoms with E-state index in [4.69, 9.17) is 0 Å². The molecule has 0 amide bonds. The Hall–Kier alpha value is -1.15. The van der Waals surface area contributed by atoms with Gasteiger partial charge in [-0.25, -0.2) is 12.1 Å². The smallest absolute Gasteiger partial charge is 0.0132 e. The second-order valence-electron chi connectivity index (χ2n) is 10.9. The Balaban J connectivity index is 0.000000688. The monoisotopic (exact) mass is 674 g/mol. The van der Waals surface area contributed by atoms with Crippen LogP contribution in [0.5, 0.6) is 0 Å². The standard InChI is InChI=1S/C21H25.C6H10.C5H5.2ClH.Hf/c1-20(2,3)16-7-9-18-14(12-16)11-15-13-17(21(4,5)6)8-10-19(15)18;1-3-5-6-4-2;1-2-4-5-3-1;;;/h7-10,12H,11H2,1-6H3;3H,1,5-6H2,2H3;1-5H;2*1H;/q-1;;-1;;;+2/p-2. The average Bonchev–Trinajstić information content (AvgIpc) is 3.41. The number of benzene rings is 2. The molecule has 0 saturated carbocycles. The van der Waals surface area contributed by atoms with Crippen molar-refractivity contribution in [2.24, 2.45) is 0 Å². The molecule has 0 N–H and O–H groups in total. The molecule has 0 aliphatic heterocycles. The van der Waals surface area contributed by atoms with Crippen molar-refractivity contribution in [3.8, 4) is 11.1 Å². The van der Waals surface area contributed by atoms with Crippen LogP contribution in [0.25, 0.3) is 11.1 Å². The maximum absolute atomic E-state index is 3.67. The van der Waals surface area contributed by atoms with Crippen LogP contribution in [-0.2, 0) is 41.1 Å². The van der Waals surface area contributed by atoms with E-state index in [0.29, 0.717) is 0 Å². The quantitative estimate of drug-likeness (QED) is 0.179. The average molecular weight is 674 g/mol. The maximum atomic E-state index is 3.67. The third-order valence-electron chi connectivity index (χ3n) is 5.74. The van der Waals surface area contributed by atoms with Crippen molar-refractivity contribution in [1.82, 2.24) is 0 Å². The molecule has 35 heavy (non-hydrogen) atoms. The Kier molecular flexibility index (Phi) is 14.7. The van der Waals surface area contributed by atoms with Crippen molar-refractivity contribution in [2.45, 2.75) is 78.6 Å². The molecule has 1 aliphatic rings. The van der Waals surface area contributed by atoms with Crippen LogP contribution < -0.4 is 24.8 Å². The minimum Gasteiger partial charge on any atom is -1.00 e. The predicted octanol–water partition coefficient (Wildman–Crippen LogP) is 2.76. The summed E-state index contributed by atoms with van der Waals surface area (Å²) >= 11 is 1.25. The SMILES string of the molecule is C=CCC[C](C)=[Hf+2].CC(C)(C)c1[c-]c2c(cc1)-c1ccc(C(C)(C)C)cc1C2.[Cl-].[Cl-].c1cc[cH-]c1. The summed E-state index contributed by atoms with van der Waals surface area (Å²) in [5.41, 5.74) is 8.70. The van der Waals surface area contributed by atoms with Gasteiger partial charge in [0.15, 0.2) is 0 Å². The summed E-state index contributed by atoms with van der Waals surface area (Å²) in [6, 6.07) is 25.2. The molecular formula is C32H40Cl2Hf-2. The summed E-state index contributed by atoms with van der Waals surface area (Å²) < 4.78 is 1.62. The third-order valence-corrected chi connectivity index (χ3v) is 6.64. The molecule has 0 heterocycles. The van der Waals surface area contributed by atoms with Gasteiger partial charge in [0.05, 0.1) is 0 Å². The topological polar surface area (TPSA) is 0 Å². The second kappa shape index (κ2) is 15.2. The first-order valence-electron chi connectivity index (χ1n) is 11.9. The van der Waals surface area contributed by atoms with Crippen LogP contribution in [0.15, 0.2) is 73.3 Å². The van der Waals surface area contributed by atoms with Gasteiger partial charge in [0, 0.05) is 0 Å². The van der Waals surface area contributed by atoms with Crippen LogP contribution in [-0.4, -0.2) is 3.26 Å². The minimum atomic E-state index is 0.